The highest BCUT2D eigenvalue weighted by Gasteiger charge is 2.31. The maximum atomic E-state index is 13.9. The molecule has 0 spiro atoms. The van der Waals surface area contributed by atoms with Crippen molar-refractivity contribution >= 4 is 0 Å². The van der Waals surface area contributed by atoms with Crippen LogP contribution in [0.1, 0.15) is 74.8 Å². The van der Waals surface area contributed by atoms with Crippen molar-refractivity contribution in [1.82, 2.24) is 0 Å². The van der Waals surface area contributed by atoms with Crippen LogP contribution >= 0.6 is 0 Å². The van der Waals surface area contributed by atoms with Crippen LogP contribution < -0.4 is 0 Å². The van der Waals surface area contributed by atoms with E-state index >= 15 is 0 Å². The van der Waals surface area contributed by atoms with Crippen molar-refractivity contribution in [3.63, 3.8) is 0 Å². The minimum absolute atomic E-state index is 0.180. The summed E-state index contributed by atoms with van der Waals surface area (Å²) in [5.74, 6) is 0.724. The number of rotatable bonds is 6. The molecular weight excluding hydrogens is 352 g/mol. The quantitative estimate of drug-likeness (QED) is 0.354. The second-order valence-corrected chi connectivity index (χ2v) is 8.29. The van der Waals surface area contributed by atoms with E-state index in [4.69, 9.17) is 0 Å². The molecule has 2 aliphatic rings. The lowest BCUT2D eigenvalue weighted by Crippen LogP contribution is -2.25. The molecule has 0 radical (unpaired) electrons. The van der Waals surface area contributed by atoms with Crippen LogP contribution in [0.5, 0.6) is 0 Å². The topological polar surface area (TPSA) is 0 Å². The van der Waals surface area contributed by atoms with Crippen molar-refractivity contribution in [1.29, 1.82) is 0 Å². The molecule has 0 nitrogen and oxygen atoms in total. The van der Waals surface area contributed by atoms with Crippen LogP contribution in [0, 0.1) is 29.4 Å². The second-order valence-electron chi connectivity index (χ2n) is 8.29. The Kier molecular flexibility index (Phi) is 7.37. The Morgan fingerprint density at radius 3 is 1.89 bits per heavy atom. The molecule has 0 atom stereocenters. The third-order valence-electron chi connectivity index (χ3n) is 6.71. The van der Waals surface area contributed by atoms with Crippen molar-refractivity contribution < 1.29 is 17.6 Å². The highest BCUT2D eigenvalue weighted by atomic mass is 19.1. The first-order chi connectivity index (χ1) is 13.1. The van der Waals surface area contributed by atoms with E-state index in [1.165, 1.54) is 37.8 Å². The number of hydrogen-bond donors (Lipinski definition) is 0. The van der Waals surface area contributed by atoms with Crippen molar-refractivity contribution in [2.75, 3.05) is 6.67 Å². The van der Waals surface area contributed by atoms with Gasteiger partial charge in [0.05, 0.1) is 12.2 Å². The third-order valence-corrected chi connectivity index (χ3v) is 6.71. The van der Waals surface area contributed by atoms with Gasteiger partial charge in [0, 0.05) is 0 Å². The minimum atomic E-state index is -1.10. The zero-order valence-corrected chi connectivity index (χ0v) is 15.9. The van der Waals surface area contributed by atoms with Crippen molar-refractivity contribution in [2.45, 2.75) is 70.4 Å². The van der Waals surface area contributed by atoms with Crippen molar-refractivity contribution in [3.05, 3.63) is 47.0 Å². The molecule has 0 bridgehead atoms. The molecule has 4 heteroatoms. The van der Waals surface area contributed by atoms with E-state index in [0.29, 0.717) is 23.8 Å². The van der Waals surface area contributed by atoms with E-state index in [-0.39, 0.29) is 12.6 Å². The fourth-order valence-electron chi connectivity index (χ4n) is 5.07. The van der Waals surface area contributed by atoms with Crippen LogP contribution in [-0.2, 0) is 6.67 Å². The summed E-state index contributed by atoms with van der Waals surface area (Å²) in [5, 5.41) is 0. The van der Waals surface area contributed by atoms with Crippen LogP contribution in [0.4, 0.5) is 17.6 Å². The highest BCUT2D eigenvalue weighted by Crippen LogP contribution is 2.44. The van der Waals surface area contributed by atoms with Gasteiger partial charge in [0.1, 0.15) is 18.3 Å². The van der Waals surface area contributed by atoms with Crippen LogP contribution in [0.15, 0.2) is 24.3 Å². The van der Waals surface area contributed by atoms with E-state index in [2.05, 4.69) is 6.08 Å². The van der Waals surface area contributed by atoms with E-state index < -0.39 is 23.9 Å². The lowest BCUT2D eigenvalue weighted by atomic mass is 9.68. The molecule has 2 saturated carbocycles. The van der Waals surface area contributed by atoms with Gasteiger partial charge in [0.2, 0.25) is 0 Å². The van der Waals surface area contributed by atoms with Crippen LogP contribution in [0.25, 0.3) is 0 Å². The van der Waals surface area contributed by atoms with E-state index in [0.717, 1.165) is 31.6 Å². The summed E-state index contributed by atoms with van der Waals surface area (Å²) in [6, 6.07) is 2.66. The molecule has 1 aromatic carbocycles. The molecule has 0 amide bonds. The number of allylic oxidation sites excluding steroid dienone is 2. The van der Waals surface area contributed by atoms with Gasteiger partial charge in [-0.1, -0.05) is 12.2 Å². The van der Waals surface area contributed by atoms with Gasteiger partial charge in [-0.15, -0.1) is 0 Å². The van der Waals surface area contributed by atoms with E-state index in [1.54, 1.807) is 0 Å². The average molecular weight is 382 g/mol. The van der Waals surface area contributed by atoms with Crippen LogP contribution in [-0.4, -0.2) is 6.67 Å². The summed E-state index contributed by atoms with van der Waals surface area (Å²) in [4.78, 5) is 0. The van der Waals surface area contributed by atoms with Gasteiger partial charge in [-0.2, -0.15) is 0 Å². The van der Waals surface area contributed by atoms with Gasteiger partial charge in [-0.25, -0.2) is 13.2 Å². The summed E-state index contributed by atoms with van der Waals surface area (Å²) >= 11 is 0. The Morgan fingerprint density at radius 1 is 0.815 bits per heavy atom. The van der Waals surface area contributed by atoms with Gasteiger partial charge >= 0.3 is 0 Å². The summed E-state index contributed by atoms with van der Waals surface area (Å²) in [5.41, 5.74) is 0.229. The SMILES string of the molecule is FCCC=C[C@H]1CC[C@H]([C@H]2CC[C@H](c3cc(F)c(CF)c(F)c3)CC2)CC1. The Labute approximate surface area is 160 Å². The molecule has 2 fully saturated rings. The normalized spacial score (nSPS) is 29.3. The van der Waals surface area contributed by atoms with Gasteiger partial charge in [-0.3, -0.25) is 4.39 Å². The zero-order chi connectivity index (χ0) is 19.2. The first-order valence-corrected chi connectivity index (χ1v) is 10.4. The van der Waals surface area contributed by atoms with Crippen molar-refractivity contribution in [3.8, 4) is 0 Å². The fraction of sp³-hybridized carbons (Fsp3) is 0.652. The van der Waals surface area contributed by atoms with Crippen LogP contribution in [0.3, 0.4) is 0 Å². The van der Waals surface area contributed by atoms with E-state index in [1.807, 2.05) is 6.08 Å². The van der Waals surface area contributed by atoms with Gasteiger partial charge < -0.3 is 0 Å². The van der Waals surface area contributed by atoms with Gasteiger partial charge in [0.15, 0.2) is 0 Å². The van der Waals surface area contributed by atoms with Gasteiger partial charge in [0.25, 0.3) is 0 Å². The zero-order valence-electron chi connectivity index (χ0n) is 15.9. The molecule has 2 aliphatic carbocycles. The Morgan fingerprint density at radius 2 is 1.37 bits per heavy atom. The molecule has 1 aromatic rings. The molecule has 0 saturated heterocycles. The molecule has 0 heterocycles. The smallest absolute Gasteiger partial charge is 0.132 e. The predicted octanol–water partition coefficient (Wildman–Crippen LogP) is 7.43. The standard InChI is InChI=1S/C23H30F4/c24-12-2-1-3-16-4-6-17(7-5-16)18-8-10-19(11-9-18)20-13-22(26)21(15-25)23(27)14-20/h1,3,13-14,16-19H,2,4-12,15H2/t16-,17-,18-,19-. The molecule has 27 heavy (non-hydrogen) atoms. The lowest BCUT2D eigenvalue weighted by Gasteiger charge is -2.37. The summed E-state index contributed by atoms with van der Waals surface area (Å²) in [6.07, 6.45) is 13.6. The largest absolute Gasteiger partial charge is 0.251 e. The first kappa shape index (κ1) is 20.4. The number of halogens is 4. The molecule has 150 valence electrons. The molecule has 0 N–H and O–H groups in total. The third kappa shape index (κ3) is 5.14. The highest BCUT2D eigenvalue weighted by molar-refractivity contribution is 5.28. The summed E-state index contributed by atoms with van der Waals surface area (Å²) in [7, 11) is 0. The maximum Gasteiger partial charge on any atom is 0.132 e. The molecule has 0 unspecified atom stereocenters. The predicted molar refractivity (Wildman–Crippen MR) is 101 cm³/mol. The Hall–Kier alpha value is -1.32. The first-order valence-electron chi connectivity index (χ1n) is 10.4. The lowest BCUT2D eigenvalue weighted by molar-refractivity contribution is 0.171. The molecule has 3 rings (SSSR count). The average Bonchev–Trinajstić information content (AvgIpc) is 2.69. The van der Waals surface area contributed by atoms with Crippen molar-refractivity contribution in [2.24, 2.45) is 17.8 Å². The molecule has 0 aliphatic heterocycles. The second kappa shape index (κ2) is 9.75. The monoisotopic (exact) mass is 382 g/mol. The fourth-order valence-corrected chi connectivity index (χ4v) is 5.07. The number of alkyl halides is 2. The Bertz CT molecular complexity index is 600. The molecular formula is C23H30F4. The summed E-state index contributed by atoms with van der Waals surface area (Å²) < 4.78 is 52.6. The number of hydrogen-bond acceptors (Lipinski definition) is 0. The maximum absolute atomic E-state index is 13.9. The number of benzene rings is 1. The minimum Gasteiger partial charge on any atom is -0.251 e. The van der Waals surface area contributed by atoms with E-state index in [9.17, 15) is 17.6 Å². The van der Waals surface area contributed by atoms with Gasteiger partial charge in [-0.05, 0) is 99.2 Å². The Balaban J connectivity index is 1.50. The van der Waals surface area contributed by atoms with Crippen LogP contribution in [0.2, 0.25) is 0 Å². The summed E-state index contributed by atoms with van der Waals surface area (Å²) in [6.45, 7) is -1.38. The molecule has 0 aromatic heterocycles.